The molecule has 5 rings (SSSR count). The number of hydrogen-bond acceptors (Lipinski definition) is 4. The Kier molecular flexibility index (Phi) is 4.60. The molecule has 138 valence electrons. The minimum atomic E-state index is 0.223. The second kappa shape index (κ2) is 7.23. The zero-order valence-electron chi connectivity index (χ0n) is 15.1. The van der Waals surface area contributed by atoms with Crippen LogP contribution in [0.3, 0.4) is 0 Å². The topological polar surface area (TPSA) is 23.6 Å². The van der Waals surface area contributed by atoms with Crippen molar-refractivity contribution in [1.82, 2.24) is 9.80 Å². The lowest BCUT2D eigenvalue weighted by molar-refractivity contribution is -0.133. The van der Waals surface area contributed by atoms with Gasteiger partial charge in [-0.25, -0.2) is 0 Å². The van der Waals surface area contributed by atoms with E-state index in [9.17, 15) is 4.79 Å². The maximum Gasteiger partial charge on any atom is 0.237 e. The van der Waals surface area contributed by atoms with Gasteiger partial charge in [0.15, 0.2) is 0 Å². The molecule has 3 nitrogen and oxygen atoms in total. The van der Waals surface area contributed by atoms with Crippen LogP contribution in [0.15, 0.2) is 53.2 Å². The minimum absolute atomic E-state index is 0.223. The summed E-state index contributed by atoms with van der Waals surface area (Å²) in [7, 11) is 0. The zero-order valence-corrected chi connectivity index (χ0v) is 16.8. The lowest BCUT2D eigenvalue weighted by Gasteiger charge is -2.37. The van der Waals surface area contributed by atoms with Crippen molar-refractivity contribution in [3.8, 4) is 0 Å². The van der Waals surface area contributed by atoms with Crippen molar-refractivity contribution in [3.63, 3.8) is 0 Å². The van der Waals surface area contributed by atoms with Crippen molar-refractivity contribution in [2.24, 2.45) is 0 Å². The molecule has 0 fully saturated rings. The van der Waals surface area contributed by atoms with Crippen LogP contribution in [0, 0.1) is 0 Å². The summed E-state index contributed by atoms with van der Waals surface area (Å²) in [6.45, 7) is 3.03. The van der Waals surface area contributed by atoms with Gasteiger partial charge in [-0.1, -0.05) is 30.3 Å². The minimum Gasteiger partial charge on any atom is -0.337 e. The monoisotopic (exact) mass is 394 g/mol. The lowest BCUT2D eigenvalue weighted by atomic mass is 9.98. The van der Waals surface area contributed by atoms with Crippen LogP contribution >= 0.6 is 22.7 Å². The maximum absolute atomic E-state index is 13.1. The highest BCUT2D eigenvalue weighted by Gasteiger charge is 2.32. The van der Waals surface area contributed by atoms with E-state index in [2.05, 4.69) is 58.1 Å². The summed E-state index contributed by atoms with van der Waals surface area (Å²) in [5, 5.41) is 4.33. The van der Waals surface area contributed by atoms with Gasteiger partial charge in [0.05, 0.1) is 12.6 Å². The van der Waals surface area contributed by atoms with Crippen LogP contribution in [-0.4, -0.2) is 35.3 Å². The van der Waals surface area contributed by atoms with E-state index in [1.54, 1.807) is 11.3 Å². The molecule has 3 aromatic rings. The molecule has 4 heterocycles. The van der Waals surface area contributed by atoms with Crippen LogP contribution in [0.4, 0.5) is 0 Å². The fraction of sp³-hybridized carbons (Fsp3) is 0.318. The third-order valence-corrected chi connectivity index (χ3v) is 7.62. The molecule has 0 saturated carbocycles. The van der Waals surface area contributed by atoms with E-state index in [4.69, 9.17) is 0 Å². The fourth-order valence-corrected chi connectivity index (χ4v) is 6.08. The van der Waals surface area contributed by atoms with E-state index < -0.39 is 0 Å². The van der Waals surface area contributed by atoms with Gasteiger partial charge < -0.3 is 4.90 Å². The van der Waals surface area contributed by atoms with E-state index in [0.29, 0.717) is 6.54 Å². The van der Waals surface area contributed by atoms with E-state index in [1.165, 1.54) is 26.4 Å². The Bertz CT molecular complexity index is 947. The third-order valence-electron chi connectivity index (χ3n) is 5.70. The molecule has 2 aliphatic rings. The van der Waals surface area contributed by atoms with Gasteiger partial charge in [0.2, 0.25) is 5.91 Å². The lowest BCUT2D eigenvalue weighted by Crippen LogP contribution is -2.45. The van der Waals surface area contributed by atoms with E-state index >= 15 is 0 Å². The predicted octanol–water partition coefficient (Wildman–Crippen LogP) is 4.34. The van der Waals surface area contributed by atoms with Gasteiger partial charge >= 0.3 is 0 Å². The highest BCUT2D eigenvalue weighted by atomic mass is 32.1. The van der Waals surface area contributed by atoms with Crippen molar-refractivity contribution in [1.29, 1.82) is 0 Å². The van der Waals surface area contributed by atoms with Crippen LogP contribution in [0.1, 0.15) is 32.5 Å². The Morgan fingerprint density at radius 2 is 1.85 bits per heavy atom. The van der Waals surface area contributed by atoms with Gasteiger partial charge in [0.25, 0.3) is 0 Å². The molecule has 0 bridgehead atoms. The Morgan fingerprint density at radius 3 is 2.70 bits per heavy atom. The number of rotatable bonds is 3. The highest BCUT2D eigenvalue weighted by molar-refractivity contribution is 7.10. The third kappa shape index (κ3) is 3.24. The standard InChI is InChI=1S/C22H22N2OS2/c25-21(23-10-7-16-4-1-2-5-17(16)14-23)15-24-11-8-19-18(9-13-27-19)22(24)20-6-3-12-26-20/h1-6,9,12-13,22H,7-8,10-11,14-15H2/t22-/m1/s1. The zero-order chi connectivity index (χ0) is 18.2. The molecule has 0 radical (unpaired) electrons. The molecule has 0 unspecified atom stereocenters. The summed E-state index contributed by atoms with van der Waals surface area (Å²) in [5.41, 5.74) is 4.08. The molecule has 27 heavy (non-hydrogen) atoms. The molecule has 0 spiro atoms. The number of benzene rings is 1. The Labute approximate surface area is 167 Å². The Hall–Kier alpha value is -1.95. The summed E-state index contributed by atoms with van der Waals surface area (Å²) in [4.78, 5) is 20.4. The van der Waals surface area contributed by atoms with Crippen molar-refractivity contribution in [2.75, 3.05) is 19.6 Å². The highest BCUT2D eigenvalue weighted by Crippen LogP contribution is 2.39. The quantitative estimate of drug-likeness (QED) is 0.660. The smallest absolute Gasteiger partial charge is 0.237 e. The van der Waals surface area contributed by atoms with Crippen molar-refractivity contribution >= 4 is 28.6 Å². The summed E-state index contributed by atoms with van der Waals surface area (Å²) in [6.07, 6.45) is 2.01. The molecule has 1 aromatic carbocycles. The van der Waals surface area contributed by atoms with Gasteiger partial charge in [-0.3, -0.25) is 9.69 Å². The second-order valence-electron chi connectivity index (χ2n) is 7.27. The summed E-state index contributed by atoms with van der Waals surface area (Å²) >= 11 is 3.64. The second-order valence-corrected chi connectivity index (χ2v) is 9.25. The molecule has 0 N–H and O–H groups in total. The van der Waals surface area contributed by atoms with E-state index in [1.807, 2.05) is 16.2 Å². The van der Waals surface area contributed by atoms with Gasteiger partial charge in [-0.05, 0) is 52.4 Å². The average molecular weight is 395 g/mol. The fourth-order valence-electron chi connectivity index (χ4n) is 4.30. The van der Waals surface area contributed by atoms with Gasteiger partial charge in [0.1, 0.15) is 0 Å². The van der Waals surface area contributed by atoms with Gasteiger partial charge in [0, 0.05) is 29.4 Å². The summed E-state index contributed by atoms with van der Waals surface area (Å²) in [5.74, 6) is 0.254. The molecule has 1 atom stereocenters. The molecule has 2 aromatic heterocycles. The molecule has 2 aliphatic heterocycles. The van der Waals surface area contributed by atoms with Crippen molar-refractivity contribution in [2.45, 2.75) is 25.4 Å². The first kappa shape index (κ1) is 17.2. The maximum atomic E-state index is 13.1. The summed E-state index contributed by atoms with van der Waals surface area (Å²) in [6, 6.07) is 15.3. The largest absolute Gasteiger partial charge is 0.337 e. The molecular weight excluding hydrogens is 372 g/mol. The average Bonchev–Trinajstić information content (AvgIpc) is 3.39. The van der Waals surface area contributed by atoms with Gasteiger partial charge in [-0.15, -0.1) is 22.7 Å². The predicted molar refractivity (Wildman–Crippen MR) is 111 cm³/mol. The Morgan fingerprint density at radius 1 is 0.963 bits per heavy atom. The molecule has 0 saturated heterocycles. The molecule has 5 heteroatoms. The Balaban J connectivity index is 1.36. The van der Waals surface area contributed by atoms with Crippen LogP contribution < -0.4 is 0 Å². The first-order chi connectivity index (χ1) is 13.3. The number of carbonyl (C=O) groups is 1. The number of hydrogen-bond donors (Lipinski definition) is 0. The molecular formula is C22H22N2OS2. The van der Waals surface area contributed by atoms with Crippen molar-refractivity contribution in [3.05, 3.63) is 79.7 Å². The molecule has 0 aliphatic carbocycles. The van der Waals surface area contributed by atoms with Crippen LogP contribution in [-0.2, 0) is 24.2 Å². The van der Waals surface area contributed by atoms with Gasteiger partial charge in [-0.2, -0.15) is 0 Å². The van der Waals surface area contributed by atoms with Crippen LogP contribution in [0.5, 0.6) is 0 Å². The first-order valence-electron chi connectivity index (χ1n) is 9.48. The summed E-state index contributed by atoms with van der Waals surface area (Å²) < 4.78 is 0. The number of fused-ring (bicyclic) bond motifs is 2. The number of nitrogens with zero attached hydrogens (tertiary/aromatic N) is 2. The SMILES string of the molecule is O=C(CN1CCc2sccc2[C@@H]1c1cccs1)N1CCc2ccccc2C1. The first-order valence-corrected chi connectivity index (χ1v) is 11.2. The van der Waals surface area contributed by atoms with E-state index in [0.717, 1.165) is 32.5 Å². The number of amides is 1. The molecule has 1 amide bonds. The van der Waals surface area contributed by atoms with Crippen LogP contribution in [0.25, 0.3) is 0 Å². The number of thiophene rings is 2. The van der Waals surface area contributed by atoms with Crippen molar-refractivity contribution < 1.29 is 4.79 Å². The van der Waals surface area contributed by atoms with Crippen LogP contribution in [0.2, 0.25) is 0 Å². The van der Waals surface area contributed by atoms with E-state index in [-0.39, 0.29) is 11.9 Å². The number of carbonyl (C=O) groups excluding carboxylic acids is 1. The normalized spacial score (nSPS) is 19.6.